The van der Waals surface area contributed by atoms with Crippen molar-refractivity contribution in [3.05, 3.63) is 114 Å². The first-order chi connectivity index (χ1) is 17.1. The molecule has 1 saturated carbocycles. The summed E-state index contributed by atoms with van der Waals surface area (Å²) in [6.45, 7) is 0. The van der Waals surface area contributed by atoms with Crippen LogP contribution in [0.2, 0.25) is 5.02 Å². The smallest absolute Gasteiger partial charge is 0.232 e. The fourth-order valence-corrected chi connectivity index (χ4v) is 5.12. The predicted molar refractivity (Wildman–Crippen MR) is 139 cm³/mol. The van der Waals surface area contributed by atoms with Gasteiger partial charge in [-0.1, -0.05) is 60.1 Å². The van der Waals surface area contributed by atoms with Crippen LogP contribution in [-0.2, 0) is 16.8 Å². The molecule has 0 spiro atoms. The molecule has 0 radical (unpaired) electrons. The molecule has 0 bridgehead atoms. The Hall–Kier alpha value is -3.96. The lowest BCUT2D eigenvalue weighted by Gasteiger charge is -2.33. The van der Waals surface area contributed by atoms with E-state index < -0.39 is 5.54 Å². The van der Waals surface area contributed by atoms with Crippen LogP contribution in [0.25, 0.3) is 22.0 Å². The maximum atomic E-state index is 14.1. The lowest BCUT2D eigenvalue weighted by molar-refractivity contribution is -0.118. The average Bonchev–Trinajstić information content (AvgIpc) is 3.48. The molecule has 6 heteroatoms. The Balaban J connectivity index is 1.41. The average molecular weight is 479 g/mol. The second kappa shape index (κ2) is 8.67. The minimum atomic E-state index is -0.409. The van der Waals surface area contributed by atoms with Crippen molar-refractivity contribution in [2.24, 2.45) is 0 Å². The lowest BCUT2D eigenvalue weighted by atomic mass is 9.99. The van der Waals surface area contributed by atoms with Gasteiger partial charge in [-0.15, -0.1) is 0 Å². The molecular formula is C29H23ClN4O. The van der Waals surface area contributed by atoms with Gasteiger partial charge in [-0.2, -0.15) is 0 Å². The molecular weight excluding hydrogens is 456 g/mol. The van der Waals surface area contributed by atoms with E-state index >= 15 is 0 Å². The molecule has 3 aromatic carbocycles. The Bertz CT molecular complexity index is 1500. The number of aromatic amines is 1. The highest BCUT2D eigenvalue weighted by atomic mass is 35.5. The maximum Gasteiger partial charge on any atom is 0.232 e. The van der Waals surface area contributed by atoms with Crippen molar-refractivity contribution >= 4 is 34.0 Å². The van der Waals surface area contributed by atoms with Crippen molar-refractivity contribution in [1.29, 1.82) is 0 Å². The van der Waals surface area contributed by atoms with Gasteiger partial charge in [-0.05, 0) is 53.6 Å². The Morgan fingerprint density at radius 3 is 2.57 bits per heavy atom. The van der Waals surface area contributed by atoms with E-state index in [2.05, 4.69) is 21.0 Å². The molecule has 0 saturated heterocycles. The summed E-state index contributed by atoms with van der Waals surface area (Å²) in [5, 5.41) is 2.76. The number of anilines is 1. The standard InChI is InChI=1S/C29H23ClN4O/c30-24-6-3-5-23(15-24)29(12-13-29)34(25-10-8-20(9-11-25)27-18-32-19-33-27)28(35)14-22-17-31-16-21-4-1-2-7-26(21)22/h1-11,15-19H,12-14H2,(H,32,33). The van der Waals surface area contributed by atoms with Crippen molar-refractivity contribution in [3.63, 3.8) is 0 Å². The number of H-pyrrole nitrogens is 1. The summed E-state index contributed by atoms with van der Waals surface area (Å²) in [6.07, 6.45) is 9.19. The van der Waals surface area contributed by atoms with Crippen molar-refractivity contribution < 1.29 is 4.79 Å². The fourth-order valence-electron chi connectivity index (χ4n) is 4.93. The zero-order valence-electron chi connectivity index (χ0n) is 19.0. The first kappa shape index (κ1) is 21.6. The van der Waals surface area contributed by atoms with E-state index in [4.69, 9.17) is 11.6 Å². The van der Waals surface area contributed by atoms with E-state index in [0.29, 0.717) is 5.02 Å². The number of hydrogen-bond acceptors (Lipinski definition) is 3. The number of halogens is 1. The summed E-state index contributed by atoms with van der Waals surface area (Å²) >= 11 is 6.36. The molecule has 2 heterocycles. The molecule has 2 aromatic heterocycles. The highest BCUT2D eigenvalue weighted by Gasteiger charge is 2.52. The molecule has 0 unspecified atom stereocenters. The zero-order valence-corrected chi connectivity index (χ0v) is 19.7. The molecule has 1 aliphatic carbocycles. The molecule has 5 nitrogen and oxygen atoms in total. The Morgan fingerprint density at radius 2 is 1.83 bits per heavy atom. The maximum absolute atomic E-state index is 14.1. The summed E-state index contributed by atoms with van der Waals surface area (Å²) in [7, 11) is 0. The molecule has 5 aromatic rings. The highest BCUT2D eigenvalue weighted by molar-refractivity contribution is 6.30. The number of rotatable bonds is 6. The van der Waals surface area contributed by atoms with Gasteiger partial charge in [0.25, 0.3) is 0 Å². The second-order valence-corrected chi connectivity index (χ2v) is 9.41. The number of amides is 1. The van der Waals surface area contributed by atoms with Crippen molar-refractivity contribution in [2.45, 2.75) is 24.8 Å². The number of carbonyl (C=O) groups excluding carboxylic acids is 1. The van der Waals surface area contributed by atoms with E-state index in [0.717, 1.165) is 51.7 Å². The van der Waals surface area contributed by atoms with Gasteiger partial charge in [-0.25, -0.2) is 4.98 Å². The van der Waals surface area contributed by atoms with Gasteiger partial charge in [0.1, 0.15) is 0 Å². The van der Waals surface area contributed by atoms with Crippen LogP contribution in [0.4, 0.5) is 5.69 Å². The zero-order chi connectivity index (χ0) is 23.8. The van der Waals surface area contributed by atoms with Gasteiger partial charge in [0, 0.05) is 40.3 Å². The minimum Gasteiger partial charge on any atom is -0.351 e. The monoisotopic (exact) mass is 478 g/mol. The quantitative estimate of drug-likeness (QED) is 0.301. The molecule has 1 N–H and O–H groups in total. The predicted octanol–water partition coefficient (Wildman–Crippen LogP) is 6.54. The summed E-state index contributed by atoms with van der Waals surface area (Å²) in [4.78, 5) is 27.8. The number of nitrogens with zero attached hydrogens (tertiary/aromatic N) is 3. The lowest BCUT2D eigenvalue weighted by Crippen LogP contribution is -2.41. The van der Waals surface area contributed by atoms with Gasteiger partial charge in [0.2, 0.25) is 5.91 Å². The van der Waals surface area contributed by atoms with Gasteiger partial charge < -0.3 is 9.88 Å². The van der Waals surface area contributed by atoms with Gasteiger partial charge in [0.05, 0.1) is 24.0 Å². The molecule has 0 atom stereocenters. The SMILES string of the molecule is O=C(Cc1cncc2ccccc12)N(c1ccc(-c2c[nH]cn2)cc1)C1(c2cccc(Cl)c2)CC1. The number of benzene rings is 3. The van der Waals surface area contributed by atoms with E-state index in [-0.39, 0.29) is 12.3 Å². The molecule has 1 amide bonds. The topological polar surface area (TPSA) is 61.9 Å². The first-order valence-electron chi connectivity index (χ1n) is 11.6. The summed E-state index contributed by atoms with van der Waals surface area (Å²) in [6, 6.07) is 24.0. The number of fused-ring (bicyclic) bond motifs is 1. The van der Waals surface area contributed by atoms with Crippen LogP contribution in [0.5, 0.6) is 0 Å². The Labute approximate surface area is 208 Å². The van der Waals surface area contributed by atoms with Crippen molar-refractivity contribution in [1.82, 2.24) is 15.0 Å². The number of pyridine rings is 1. The van der Waals surface area contributed by atoms with E-state index in [9.17, 15) is 4.79 Å². The fraction of sp³-hybridized carbons (Fsp3) is 0.138. The van der Waals surface area contributed by atoms with Crippen LogP contribution in [0.3, 0.4) is 0 Å². The third-order valence-electron chi connectivity index (χ3n) is 6.77. The van der Waals surface area contributed by atoms with Crippen LogP contribution >= 0.6 is 11.6 Å². The minimum absolute atomic E-state index is 0.0353. The van der Waals surface area contributed by atoms with Gasteiger partial charge >= 0.3 is 0 Å². The van der Waals surface area contributed by atoms with Gasteiger partial charge in [-0.3, -0.25) is 9.78 Å². The van der Waals surface area contributed by atoms with Crippen LogP contribution in [0.15, 0.2) is 97.7 Å². The van der Waals surface area contributed by atoms with Crippen LogP contribution in [0.1, 0.15) is 24.0 Å². The normalized spacial score (nSPS) is 14.1. The third-order valence-corrected chi connectivity index (χ3v) is 7.01. The second-order valence-electron chi connectivity index (χ2n) is 8.97. The molecule has 1 aliphatic rings. The Kier molecular flexibility index (Phi) is 5.34. The van der Waals surface area contributed by atoms with E-state index in [1.165, 1.54) is 0 Å². The molecule has 0 aliphatic heterocycles. The van der Waals surface area contributed by atoms with Crippen LogP contribution in [0, 0.1) is 0 Å². The molecule has 172 valence electrons. The number of nitrogens with one attached hydrogen (secondary N) is 1. The summed E-state index contributed by atoms with van der Waals surface area (Å²) in [5.41, 5.74) is 4.30. The Morgan fingerprint density at radius 1 is 1.00 bits per heavy atom. The number of aromatic nitrogens is 3. The van der Waals surface area contributed by atoms with Crippen LogP contribution in [-0.4, -0.2) is 20.9 Å². The van der Waals surface area contributed by atoms with E-state index in [1.54, 1.807) is 12.5 Å². The molecule has 35 heavy (non-hydrogen) atoms. The first-order valence-corrected chi connectivity index (χ1v) is 12.0. The van der Waals surface area contributed by atoms with Crippen LogP contribution < -0.4 is 4.90 Å². The molecule has 6 rings (SSSR count). The number of carbonyl (C=O) groups is 1. The van der Waals surface area contributed by atoms with Crippen molar-refractivity contribution in [2.75, 3.05) is 4.90 Å². The largest absolute Gasteiger partial charge is 0.351 e. The van der Waals surface area contributed by atoms with Crippen molar-refractivity contribution in [3.8, 4) is 11.3 Å². The summed E-state index contributed by atoms with van der Waals surface area (Å²) in [5.74, 6) is 0.0353. The highest BCUT2D eigenvalue weighted by Crippen LogP contribution is 2.53. The van der Waals surface area contributed by atoms with Gasteiger partial charge in [0.15, 0.2) is 0 Å². The number of hydrogen-bond donors (Lipinski definition) is 1. The number of imidazole rings is 1. The molecule has 1 fully saturated rings. The van der Waals surface area contributed by atoms with E-state index in [1.807, 2.05) is 84.0 Å². The summed E-state index contributed by atoms with van der Waals surface area (Å²) < 4.78 is 0. The third kappa shape index (κ3) is 3.98.